The van der Waals surface area contributed by atoms with Crippen molar-refractivity contribution in [3.05, 3.63) is 29.3 Å². The summed E-state index contributed by atoms with van der Waals surface area (Å²) in [6, 6.07) is 7.02. The van der Waals surface area contributed by atoms with Gasteiger partial charge < -0.3 is 10.6 Å². The monoisotopic (exact) mass is 346 g/mol. The highest BCUT2D eigenvalue weighted by atomic mass is 35.5. The van der Waals surface area contributed by atoms with Crippen LogP contribution in [-0.4, -0.2) is 18.4 Å². The SMILES string of the molecule is O=C(CNC(=O)C12CC3CC(CC(C3)C1)C2)Nc1cccc(Cl)c1. The molecule has 1 aromatic rings. The number of benzene rings is 1. The molecule has 0 aromatic heterocycles. The molecule has 2 N–H and O–H groups in total. The van der Waals surface area contributed by atoms with Crippen LogP contribution in [0.5, 0.6) is 0 Å². The fourth-order valence-corrected chi connectivity index (χ4v) is 5.70. The molecule has 0 heterocycles. The van der Waals surface area contributed by atoms with Crippen LogP contribution in [0.4, 0.5) is 5.69 Å². The predicted molar refractivity (Wildman–Crippen MR) is 93.7 cm³/mol. The summed E-state index contributed by atoms with van der Waals surface area (Å²) < 4.78 is 0. The van der Waals surface area contributed by atoms with E-state index in [1.807, 2.05) is 0 Å². The van der Waals surface area contributed by atoms with E-state index in [-0.39, 0.29) is 23.8 Å². The fraction of sp³-hybridized carbons (Fsp3) is 0.579. The molecule has 1 aromatic carbocycles. The van der Waals surface area contributed by atoms with Gasteiger partial charge in [0.25, 0.3) is 0 Å². The molecule has 0 spiro atoms. The summed E-state index contributed by atoms with van der Waals surface area (Å²) >= 11 is 5.91. The van der Waals surface area contributed by atoms with Crippen molar-refractivity contribution in [2.24, 2.45) is 23.2 Å². The van der Waals surface area contributed by atoms with Gasteiger partial charge in [-0.25, -0.2) is 0 Å². The minimum atomic E-state index is -0.213. The van der Waals surface area contributed by atoms with E-state index in [0.29, 0.717) is 10.7 Å². The Kier molecular flexibility index (Phi) is 4.03. The Bertz CT molecular complexity index is 638. The minimum Gasteiger partial charge on any atom is -0.347 e. The second kappa shape index (κ2) is 6.07. The third kappa shape index (κ3) is 3.04. The number of rotatable bonds is 4. The Morgan fingerprint density at radius 1 is 1.08 bits per heavy atom. The molecular formula is C19H23ClN2O2. The molecule has 0 atom stereocenters. The quantitative estimate of drug-likeness (QED) is 0.875. The fourth-order valence-electron chi connectivity index (χ4n) is 5.51. The minimum absolute atomic E-state index is 0.0209. The molecule has 4 fully saturated rings. The molecule has 4 bridgehead atoms. The van der Waals surface area contributed by atoms with E-state index >= 15 is 0 Å². The number of amides is 2. The summed E-state index contributed by atoms with van der Waals surface area (Å²) in [6.07, 6.45) is 6.97. The first kappa shape index (κ1) is 15.9. The zero-order valence-electron chi connectivity index (χ0n) is 13.7. The molecule has 0 unspecified atom stereocenters. The Morgan fingerprint density at radius 3 is 2.29 bits per heavy atom. The molecule has 24 heavy (non-hydrogen) atoms. The van der Waals surface area contributed by atoms with Crippen molar-refractivity contribution in [2.45, 2.75) is 38.5 Å². The largest absolute Gasteiger partial charge is 0.347 e. The van der Waals surface area contributed by atoms with Gasteiger partial charge in [-0.2, -0.15) is 0 Å². The molecule has 0 saturated heterocycles. The summed E-state index contributed by atoms with van der Waals surface area (Å²) in [5.41, 5.74) is 0.446. The summed E-state index contributed by atoms with van der Waals surface area (Å²) in [5.74, 6) is 2.05. The number of hydrogen-bond acceptors (Lipinski definition) is 2. The molecule has 4 aliphatic rings. The Balaban J connectivity index is 1.34. The van der Waals surface area contributed by atoms with Crippen molar-refractivity contribution in [3.63, 3.8) is 0 Å². The first-order valence-electron chi connectivity index (χ1n) is 8.86. The van der Waals surface area contributed by atoms with Crippen molar-refractivity contribution in [1.29, 1.82) is 0 Å². The molecule has 0 aliphatic heterocycles. The number of carbonyl (C=O) groups is 2. The zero-order valence-corrected chi connectivity index (χ0v) is 14.4. The van der Waals surface area contributed by atoms with Gasteiger partial charge in [-0.1, -0.05) is 17.7 Å². The summed E-state index contributed by atoms with van der Waals surface area (Å²) in [7, 11) is 0. The molecular weight excluding hydrogens is 324 g/mol. The average molecular weight is 347 g/mol. The highest BCUT2D eigenvalue weighted by Gasteiger charge is 2.54. The summed E-state index contributed by atoms with van der Waals surface area (Å²) in [6.45, 7) is 0.0209. The van der Waals surface area contributed by atoms with Crippen LogP contribution < -0.4 is 10.6 Å². The third-order valence-corrected chi connectivity index (χ3v) is 6.27. The van der Waals surface area contributed by atoms with Crippen LogP contribution in [-0.2, 0) is 9.59 Å². The van der Waals surface area contributed by atoms with Gasteiger partial charge in [0.2, 0.25) is 11.8 Å². The van der Waals surface area contributed by atoms with Crippen molar-refractivity contribution in [3.8, 4) is 0 Å². The highest BCUT2D eigenvalue weighted by Crippen LogP contribution is 2.60. The normalized spacial score (nSPS) is 33.3. The standard InChI is InChI=1S/C19H23ClN2O2/c20-15-2-1-3-16(7-15)22-17(23)11-21-18(24)19-8-12-4-13(9-19)6-14(5-12)10-19/h1-3,7,12-14H,4-6,8-11H2,(H,21,24)(H,22,23). The van der Waals surface area contributed by atoms with E-state index in [2.05, 4.69) is 10.6 Å². The van der Waals surface area contributed by atoms with E-state index in [4.69, 9.17) is 11.6 Å². The molecule has 0 radical (unpaired) electrons. The Morgan fingerprint density at radius 2 is 1.71 bits per heavy atom. The number of carbonyl (C=O) groups excluding carboxylic acids is 2. The second-order valence-electron chi connectivity index (χ2n) is 7.94. The number of nitrogens with one attached hydrogen (secondary N) is 2. The van der Waals surface area contributed by atoms with Crippen LogP contribution >= 0.6 is 11.6 Å². The van der Waals surface area contributed by atoms with E-state index < -0.39 is 0 Å². The molecule has 128 valence electrons. The maximum atomic E-state index is 12.8. The topological polar surface area (TPSA) is 58.2 Å². The van der Waals surface area contributed by atoms with Gasteiger partial charge in [0, 0.05) is 16.1 Å². The van der Waals surface area contributed by atoms with Crippen LogP contribution in [0.2, 0.25) is 5.02 Å². The van der Waals surface area contributed by atoms with Gasteiger partial charge in [-0.15, -0.1) is 0 Å². The van der Waals surface area contributed by atoms with Crippen molar-refractivity contribution in [2.75, 3.05) is 11.9 Å². The van der Waals surface area contributed by atoms with Gasteiger partial charge in [0.1, 0.15) is 0 Å². The molecule has 4 aliphatic carbocycles. The van der Waals surface area contributed by atoms with Crippen molar-refractivity contribution < 1.29 is 9.59 Å². The lowest BCUT2D eigenvalue weighted by atomic mass is 9.49. The number of anilines is 1. The van der Waals surface area contributed by atoms with Crippen LogP contribution in [0.15, 0.2) is 24.3 Å². The molecule has 5 heteroatoms. The lowest BCUT2D eigenvalue weighted by Crippen LogP contribution is -2.54. The maximum absolute atomic E-state index is 12.8. The highest BCUT2D eigenvalue weighted by molar-refractivity contribution is 6.30. The van der Waals surface area contributed by atoms with E-state index in [1.165, 1.54) is 19.3 Å². The predicted octanol–water partition coefficient (Wildman–Crippen LogP) is 3.61. The van der Waals surface area contributed by atoms with E-state index in [9.17, 15) is 9.59 Å². The number of hydrogen-bond donors (Lipinski definition) is 2. The molecule has 4 saturated carbocycles. The molecule has 4 nitrogen and oxygen atoms in total. The third-order valence-electron chi connectivity index (χ3n) is 6.04. The first-order valence-corrected chi connectivity index (χ1v) is 9.24. The van der Waals surface area contributed by atoms with Crippen molar-refractivity contribution in [1.82, 2.24) is 5.32 Å². The Labute approximate surface area is 147 Å². The number of halogens is 1. The van der Waals surface area contributed by atoms with E-state index in [0.717, 1.165) is 37.0 Å². The van der Waals surface area contributed by atoms with Crippen LogP contribution in [0.1, 0.15) is 38.5 Å². The van der Waals surface area contributed by atoms with E-state index in [1.54, 1.807) is 24.3 Å². The van der Waals surface area contributed by atoms with Gasteiger partial charge in [-0.3, -0.25) is 9.59 Å². The van der Waals surface area contributed by atoms with Gasteiger partial charge in [-0.05, 0) is 74.5 Å². The van der Waals surface area contributed by atoms with Crippen LogP contribution in [0, 0.1) is 23.2 Å². The summed E-state index contributed by atoms with van der Waals surface area (Å²) in [5, 5.41) is 6.24. The maximum Gasteiger partial charge on any atom is 0.243 e. The van der Waals surface area contributed by atoms with Crippen LogP contribution in [0.25, 0.3) is 0 Å². The van der Waals surface area contributed by atoms with Gasteiger partial charge >= 0.3 is 0 Å². The van der Waals surface area contributed by atoms with Crippen LogP contribution in [0.3, 0.4) is 0 Å². The Hall–Kier alpha value is -1.55. The first-order chi connectivity index (χ1) is 11.5. The molecule has 2 amide bonds. The zero-order chi connectivity index (χ0) is 16.7. The summed E-state index contributed by atoms with van der Waals surface area (Å²) in [4.78, 5) is 24.9. The van der Waals surface area contributed by atoms with Gasteiger partial charge in [0.05, 0.1) is 6.54 Å². The van der Waals surface area contributed by atoms with Crippen molar-refractivity contribution >= 4 is 29.1 Å². The van der Waals surface area contributed by atoms with Gasteiger partial charge in [0.15, 0.2) is 0 Å². The lowest BCUT2D eigenvalue weighted by Gasteiger charge is -2.55. The smallest absolute Gasteiger partial charge is 0.243 e. The molecule has 5 rings (SSSR count). The average Bonchev–Trinajstić information content (AvgIpc) is 2.51. The lowest BCUT2D eigenvalue weighted by molar-refractivity contribution is -0.146. The second-order valence-corrected chi connectivity index (χ2v) is 8.38.